The number of hydrogen-bond acceptors (Lipinski definition) is 5. The standard InChI is InChI=1S/C13H22N4O2/c1-18-6-4-17-5-7-19-13-10-16(9-12(13)17)8-11-2-3-14-15-11/h2-3,12-13H,4-10H2,1H3,(H,14,15)/t12-,13+/m0/s1. The zero-order valence-electron chi connectivity index (χ0n) is 11.4. The van der Waals surface area contributed by atoms with Gasteiger partial charge in [-0.3, -0.25) is 14.9 Å². The molecule has 1 aromatic heterocycles. The highest BCUT2D eigenvalue weighted by molar-refractivity contribution is 5.01. The topological polar surface area (TPSA) is 53.6 Å². The number of ether oxygens (including phenoxy) is 2. The van der Waals surface area contributed by atoms with Crippen molar-refractivity contribution in [2.24, 2.45) is 0 Å². The second kappa shape index (κ2) is 6.00. The molecule has 6 heteroatoms. The Kier molecular flexibility index (Phi) is 4.12. The number of aromatic nitrogens is 2. The van der Waals surface area contributed by atoms with E-state index in [1.165, 1.54) is 5.69 Å². The third-order valence-electron chi connectivity index (χ3n) is 4.03. The molecule has 0 spiro atoms. The summed E-state index contributed by atoms with van der Waals surface area (Å²) in [6, 6.07) is 2.54. The number of rotatable bonds is 5. The van der Waals surface area contributed by atoms with Crippen LogP contribution in [0.4, 0.5) is 0 Å². The highest BCUT2D eigenvalue weighted by Gasteiger charge is 2.39. The Hall–Kier alpha value is -0.950. The van der Waals surface area contributed by atoms with Gasteiger partial charge in [-0.25, -0.2) is 0 Å². The lowest BCUT2D eigenvalue weighted by Crippen LogP contribution is -2.51. The van der Waals surface area contributed by atoms with Gasteiger partial charge in [0, 0.05) is 57.8 Å². The summed E-state index contributed by atoms with van der Waals surface area (Å²) < 4.78 is 11.1. The van der Waals surface area contributed by atoms with Gasteiger partial charge in [-0.15, -0.1) is 0 Å². The third kappa shape index (κ3) is 2.97. The van der Waals surface area contributed by atoms with Crippen LogP contribution >= 0.6 is 0 Å². The maximum absolute atomic E-state index is 5.91. The number of methoxy groups -OCH3 is 1. The van der Waals surface area contributed by atoms with Crippen LogP contribution in [0.15, 0.2) is 12.3 Å². The molecule has 106 valence electrons. The lowest BCUT2D eigenvalue weighted by atomic mass is 10.1. The van der Waals surface area contributed by atoms with Crippen LogP contribution in [0.25, 0.3) is 0 Å². The van der Waals surface area contributed by atoms with Gasteiger partial charge < -0.3 is 9.47 Å². The van der Waals surface area contributed by atoms with E-state index in [4.69, 9.17) is 9.47 Å². The van der Waals surface area contributed by atoms with E-state index in [0.717, 1.165) is 45.9 Å². The van der Waals surface area contributed by atoms with Gasteiger partial charge in [0.25, 0.3) is 0 Å². The molecule has 0 radical (unpaired) electrons. The minimum Gasteiger partial charge on any atom is -0.383 e. The minimum atomic E-state index is 0.341. The Bertz CT molecular complexity index is 384. The number of nitrogens with zero attached hydrogens (tertiary/aromatic N) is 3. The predicted molar refractivity (Wildman–Crippen MR) is 70.8 cm³/mol. The minimum absolute atomic E-state index is 0.341. The fraction of sp³-hybridized carbons (Fsp3) is 0.769. The highest BCUT2D eigenvalue weighted by Crippen LogP contribution is 2.23. The summed E-state index contributed by atoms with van der Waals surface area (Å²) in [5, 5.41) is 7.03. The van der Waals surface area contributed by atoms with Crippen LogP contribution < -0.4 is 0 Å². The Morgan fingerprint density at radius 1 is 1.53 bits per heavy atom. The van der Waals surface area contributed by atoms with Crippen molar-refractivity contribution < 1.29 is 9.47 Å². The van der Waals surface area contributed by atoms with E-state index in [2.05, 4.69) is 20.0 Å². The molecule has 0 aliphatic carbocycles. The average molecular weight is 266 g/mol. The molecule has 2 atom stereocenters. The van der Waals surface area contributed by atoms with Crippen molar-refractivity contribution in [2.75, 3.05) is 46.5 Å². The van der Waals surface area contributed by atoms with Crippen molar-refractivity contribution in [1.82, 2.24) is 20.0 Å². The Morgan fingerprint density at radius 3 is 3.26 bits per heavy atom. The summed E-state index contributed by atoms with van der Waals surface area (Å²) in [4.78, 5) is 4.94. The summed E-state index contributed by atoms with van der Waals surface area (Å²) >= 11 is 0. The van der Waals surface area contributed by atoms with Crippen LogP contribution in [-0.2, 0) is 16.0 Å². The van der Waals surface area contributed by atoms with Gasteiger partial charge in [0.05, 0.1) is 19.3 Å². The monoisotopic (exact) mass is 266 g/mol. The predicted octanol–water partition coefficient (Wildman–Crippen LogP) is -0.0589. The molecule has 3 heterocycles. The van der Waals surface area contributed by atoms with Crippen LogP contribution in [0.5, 0.6) is 0 Å². The Balaban J connectivity index is 1.58. The zero-order chi connectivity index (χ0) is 13.1. The summed E-state index contributed by atoms with van der Waals surface area (Å²) in [5.74, 6) is 0. The molecule has 3 rings (SSSR count). The van der Waals surface area contributed by atoms with Crippen LogP contribution in [0, 0.1) is 0 Å². The molecule has 2 aliphatic heterocycles. The molecule has 6 nitrogen and oxygen atoms in total. The van der Waals surface area contributed by atoms with Crippen molar-refractivity contribution in [2.45, 2.75) is 18.7 Å². The van der Waals surface area contributed by atoms with Crippen LogP contribution in [0.1, 0.15) is 5.69 Å². The number of fused-ring (bicyclic) bond motifs is 1. The normalized spacial score (nSPS) is 28.7. The van der Waals surface area contributed by atoms with Crippen molar-refractivity contribution in [1.29, 1.82) is 0 Å². The Morgan fingerprint density at radius 2 is 2.47 bits per heavy atom. The van der Waals surface area contributed by atoms with Gasteiger partial charge in [0.2, 0.25) is 0 Å². The molecule has 1 aromatic rings. The first-order valence-electron chi connectivity index (χ1n) is 6.92. The molecule has 2 saturated heterocycles. The number of morpholine rings is 1. The molecule has 2 fully saturated rings. The first-order chi connectivity index (χ1) is 9.36. The number of aromatic amines is 1. The van der Waals surface area contributed by atoms with Crippen LogP contribution in [-0.4, -0.2) is 78.6 Å². The van der Waals surface area contributed by atoms with Gasteiger partial charge >= 0.3 is 0 Å². The largest absolute Gasteiger partial charge is 0.383 e. The fourth-order valence-electron chi connectivity index (χ4n) is 3.06. The van der Waals surface area contributed by atoms with E-state index < -0.39 is 0 Å². The SMILES string of the molecule is COCCN1CCO[C@@H]2CN(Cc3ccn[nH]3)C[C@@H]21. The third-order valence-corrected chi connectivity index (χ3v) is 4.03. The first-order valence-corrected chi connectivity index (χ1v) is 6.92. The molecule has 0 unspecified atom stereocenters. The van der Waals surface area contributed by atoms with Crippen molar-refractivity contribution in [3.8, 4) is 0 Å². The lowest BCUT2D eigenvalue weighted by Gasteiger charge is -2.36. The lowest BCUT2D eigenvalue weighted by molar-refractivity contribution is -0.0527. The molecular formula is C13H22N4O2. The number of hydrogen-bond donors (Lipinski definition) is 1. The zero-order valence-corrected chi connectivity index (χ0v) is 11.4. The first kappa shape index (κ1) is 13.1. The van der Waals surface area contributed by atoms with Gasteiger partial charge in [0.15, 0.2) is 0 Å². The van der Waals surface area contributed by atoms with E-state index in [-0.39, 0.29) is 0 Å². The maximum atomic E-state index is 5.91. The van der Waals surface area contributed by atoms with E-state index in [1.807, 2.05) is 6.07 Å². The second-order valence-electron chi connectivity index (χ2n) is 5.28. The molecule has 0 bridgehead atoms. The molecular weight excluding hydrogens is 244 g/mol. The smallest absolute Gasteiger partial charge is 0.0870 e. The van der Waals surface area contributed by atoms with Crippen LogP contribution in [0.3, 0.4) is 0 Å². The summed E-state index contributed by atoms with van der Waals surface area (Å²) in [6.07, 6.45) is 2.15. The van der Waals surface area contributed by atoms with Gasteiger partial charge in [0.1, 0.15) is 0 Å². The molecule has 0 amide bonds. The molecule has 19 heavy (non-hydrogen) atoms. The van der Waals surface area contributed by atoms with Crippen molar-refractivity contribution in [3.05, 3.63) is 18.0 Å². The second-order valence-corrected chi connectivity index (χ2v) is 5.28. The van der Waals surface area contributed by atoms with E-state index in [9.17, 15) is 0 Å². The van der Waals surface area contributed by atoms with Crippen LogP contribution in [0.2, 0.25) is 0 Å². The quantitative estimate of drug-likeness (QED) is 0.809. The summed E-state index contributed by atoms with van der Waals surface area (Å²) in [7, 11) is 1.76. The number of H-pyrrole nitrogens is 1. The van der Waals surface area contributed by atoms with Crippen molar-refractivity contribution >= 4 is 0 Å². The average Bonchev–Trinajstić information content (AvgIpc) is 3.05. The van der Waals surface area contributed by atoms with Gasteiger partial charge in [-0.2, -0.15) is 5.10 Å². The number of nitrogens with one attached hydrogen (secondary N) is 1. The van der Waals surface area contributed by atoms with E-state index in [1.54, 1.807) is 13.3 Å². The van der Waals surface area contributed by atoms with Crippen molar-refractivity contribution in [3.63, 3.8) is 0 Å². The highest BCUT2D eigenvalue weighted by atomic mass is 16.5. The Labute approximate surface area is 113 Å². The summed E-state index contributed by atoms with van der Waals surface area (Å²) in [6.45, 7) is 6.64. The molecule has 1 N–H and O–H groups in total. The van der Waals surface area contributed by atoms with Gasteiger partial charge in [-0.05, 0) is 6.07 Å². The summed E-state index contributed by atoms with van der Waals surface area (Å²) in [5.41, 5.74) is 1.17. The molecule has 0 saturated carbocycles. The maximum Gasteiger partial charge on any atom is 0.0870 e. The van der Waals surface area contributed by atoms with E-state index in [0.29, 0.717) is 12.1 Å². The fourth-order valence-corrected chi connectivity index (χ4v) is 3.06. The molecule has 0 aromatic carbocycles. The van der Waals surface area contributed by atoms with E-state index >= 15 is 0 Å². The molecule has 2 aliphatic rings. The van der Waals surface area contributed by atoms with Gasteiger partial charge in [-0.1, -0.05) is 0 Å². The number of likely N-dealkylation sites (tertiary alicyclic amines) is 1.